The molecule has 2 fully saturated rings. The highest BCUT2D eigenvalue weighted by atomic mass is 16.5. The molecule has 150 valence electrons. The molecule has 0 aromatic carbocycles. The maximum Gasteiger partial charge on any atom is 0.309 e. The Morgan fingerprint density at radius 2 is 1.88 bits per heavy atom. The van der Waals surface area contributed by atoms with Crippen LogP contribution in [0.2, 0.25) is 0 Å². The van der Waals surface area contributed by atoms with Crippen molar-refractivity contribution in [3.05, 3.63) is 12.2 Å². The lowest BCUT2D eigenvalue weighted by Crippen LogP contribution is -2.30. The number of rotatable bonds is 13. The van der Waals surface area contributed by atoms with Gasteiger partial charge in [0.2, 0.25) is 0 Å². The summed E-state index contributed by atoms with van der Waals surface area (Å²) >= 11 is 0. The number of hydrogen-bond acceptors (Lipinski definition) is 3. The third-order valence-electron chi connectivity index (χ3n) is 6.13. The first-order valence-corrected chi connectivity index (χ1v) is 10.6. The van der Waals surface area contributed by atoms with Crippen molar-refractivity contribution in [2.24, 2.45) is 17.3 Å². The van der Waals surface area contributed by atoms with E-state index in [1.807, 2.05) is 0 Å². The van der Waals surface area contributed by atoms with Crippen LogP contribution in [0.4, 0.5) is 0 Å². The summed E-state index contributed by atoms with van der Waals surface area (Å²) in [5, 5.41) is 9.17. The van der Waals surface area contributed by atoms with E-state index >= 15 is 0 Å². The van der Waals surface area contributed by atoms with Gasteiger partial charge in [0.15, 0.2) is 0 Å². The second-order valence-electron chi connectivity index (χ2n) is 8.69. The normalized spacial score (nSPS) is 28.3. The number of fused-ring (bicyclic) bond motifs is 2. The van der Waals surface area contributed by atoms with Crippen molar-refractivity contribution >= 4 is 5.97 Å². The molecule has 0 aromatic heterocycles. The van der Waals surface area contributed by atoms with E-state index in [9.17, 15) is 9.90 Å². The van der Waals surface area contributed by atoms with Gasteiger partial charge in [-0.05, 0) is 58.3 Å². The SMILES string of the molecule is CCCCCCOC[C@@H]1[C@H](C/C=C\CCC(C)(C)C(=O)O)[C@H]2CC[C@@H]1O2. The van der Waals surface area contributed by atoms with E-state index in [0.717, 1.165) is 26.1 Å². The molecule has 2 saturated heterocycles. The zero-order chi connectivity index (χ0) is 19.0. The first-order chi connectivity index (χ1) is 12.5. The molecule has 2 aliphatic heterocycles. The highest BCUT2D eigenvalue weighted by Gasteiger charge is 2.48. The monoisotopic (exact) mass is 366 g/mol. The van der Waals surface area contributed by atoms with Crippen molar-refractivity contribution in [2.75, 3.05) is 13.2 Å². The molecule has 0 aromatic rings. The smallest absolute Gasteiger partial charge is 0.309 e. The summed E-state index contributed by atoms with van der Waals surface area (Å²) < 4.78 is 12.1. The van der Waals surface area contributed by atoms with Gasteiger partial charge in [-0.25, -0.2) is 0 Å². The molecule has 4 nitrogen and oxygen atoms in total. The number of carboxylic acid groups (broad SMARTS) is 1. The van der Waals surface area contributed by atoms with E-state index in [1.54, 1.807) is 13.8 Å². The maximum absolute atomic E-state index is 11.2. The van der Waals surface area contributed by atoms with Gasteiger partial charge in [0.1, 0.15) is 0 Å². The Morgan fingerprint density at radius 3 is 2.58 bits per heavy atom. The number of carbonyl (C=O) groups is 1. The molecule has 2 bridgehead atoms. The zero-order valence-electron chi connectivity index (χ0n) is 16.9. The van der Waals surface area contributed by atoms with Crippen LogP contribution in [0.3, 0.4) is 0 Å². The van der Waals surface area contributed by atoms with Crippen molar-refractivity contribution in [3.8, 4) is 0 Å². The van der Waals surface area contributed by atoms with Gasteiger partial charge >= 0.3 is 5.97 Å². The van der Waals surface area contributed by atoms with Crippen LogP contribution in [-0.2, 0) is 14.3 Å². The number of unbranched alkanes of at least 4 members (excludes halogenated alkanes) is 3. The largest absolute Gasteiger partial charge is 0.481 e. The Bertz CT molecular complexity index is 457. The molecule has 2 aliphatic rings. The molecular formula is C22H38O4. The van der Waals surface area contributed by atoms with Crippen molar-refractivity contribution in [1.29, 1.82) is 0 Å². The lowest BCUT2D eigenvalue weighted by Gasteiger charge is -2.27. The van der Waals surface area contributed by atoms with E-state index in [1.165, 1.54) is 38.5 Å². The van der Waals surface area contributed by atoms with Gasteiger partial charge in [-0.15, -0.1) is 0 Å². The van der Waals surface area contributed by atoms with Gasteiger partial charge in [0.05, 0.1) is 24.2 Å². The molecule has 2 rings (SSSR count). The van der Waals surface area contributed by atoms with Gasteiger partial charge in [-0.1, -0.05) is 38.3 Å². The van der Waals surface area contributed by atoms with Crippen LogP contribution >= 0.6 is 0 Å². The number of aliphatic carboxylic acids is 1. The molecular weight excluding hydrogens is 328 g/mol. The summed E-state index contributed by atoms with van der Waals surface area (Å²) in [6, 6.07) is 0. The minimum Gasteiger partial charge on any atom is -0.481 e. The third kappa shape index (κ3) is 6.09. The number of allylic oxidation sites excluding steroid dienone is 2. The Balaban J connectivity index is 1.70. The van der Waals surface area contributed by atoms with Crippen LogP contribution in [-0.4, -0.2) is 36.5 Å². The molecule has 0 saturated carbocycles. The highest BCUT2D eigenvalue weighted by Crippen LogP contribution is 2.45. The Labute approximate surface area is 159 Å². The summed E-state index contributed by atoms with van der Waals surface area (Å²) in [6.45, 7) is 7.52. The molecule has 0 aliphatic carbocycles. The lowest BCUT2D eigenvalue weighted by atomic mass is 9.78. The van der Waals surface area contributed by atoms with Crippen LogP contribution in [0.25, 0.3) is 0 Å². The second-order valence-corrected chi connectivity index (χ2v) is 8.69. The summed E-state index contributed by atoms with van der Waals surface area (Å²) in [4.78, 5) is 11.2. The number of hydrogen-bond donors (Lipinski definition) is 1. The van der Waals surface area contributed by atoms with E-state index in [0.29, 0.717) is 30.5 Å². The first-order valence-electron chi connectivity index (χ1n) is 10.6. The standard InChI is InChI=1S/C22H38O4/c1-4-5-6-10-15-25-16-18-17(19-12-13-20(18)26-19)11-8-7-9-14-22(2,3)21(23)24/h7-8,17-20H,4-6,9-16H2,1-3H3,(H,23,24)/b8-7-/t17-,18+,19+,20-/m0/s1. The van der Waals surface area contributed by atoms with E-state index < -0.39 is 11.4 Å². The minimum atomic E-state index is -0.719. The highest BCUT2D eigenvalue weighted by molar-refractivity contribution is 5.73. The average molecular weight is 367 g/mol. The molecule has 0 spiro atoms. The summed E-state index contributed by atoms with van der Waals surface area (Å²) in [5.74, 6) is 0.372. The summed E-state index contributed by atoms with van der Waals surface area (Å²) in [7, 11) is 0. The minimum absolute atomic E-state index is 0.389. The number of ether oxygens (including phenoxy) is 2. The lowest BCUT2D eigenvalue weighted by molar-refractivity contribution is -0.147. The van der Waals surface area contributed by atoms with E-state index in [4.69, 9.17) is 9.47 Å². The van der Waals surface area contributed by atoms with Crippen LogP contribution in [0.5, 0.6) is 0 Å². The van der Waals surface area contributed by atoms with Gasteiger partial charge in [0.25, 0.3) is 0 Å². The van der Waals surface area contributed by atoms with Crippen LogP contribution in [0.15, 0.2) is 12.2 Å². The Hall–Kier alpha value is -0.870. The average Bonchev–Trinajstić information content (AvgIpc) is 3.19. The molecule has 4 atom stereocenters. The molecule has 0 amide bonds. The summed E-state index contributed by atoms with van der Waals surface area (Å²) in [6.07, 6.45) is 15.1. The quantitative estimate of drug-likeness (QED) is 0.359. The van der Waals surface area contributed by atoms with Crippen molar-refractivity contribution in [2.45, 2.75) is 90.8 Å². The van der Waals surface area contributed by atoms with Crippen LogP contribution in [0.1, 0.15) is 78.6 Å². The van der Waals surface area contributed by atoms with Gasteiger partial charge in [-0.2, -0.15) is 0 Å². The predicted octanol–water partition coefficient (Wildman–Crippen LogP) is 5.21. The molecule has 1 N–H and O–H groups in total. The molecule has 0 unspecified atom stereocenters. The fourth-order valence-electron chi connectivity index (χ4n) is 4.20. The Kier molecular flexibility index (Phi) is 8.62. The van der Waals surface area contributed by atoms with Gasteiger partial charge < -0.3 is 14.6 Å². The van der Waals surface area contributed by atoms with E-state index in [-0.39, 0.29) is 0 Å². The fraction of sp³-hybridized carbons (Fsp3) is 0.864. The number of carboxylic acids is 1. The van der Waals surface area contributed by atoms with Crippen molar-refractivity contribution in [3.63, 3.8) is 0 Å². The predicted molar refractivity (Wildman–Crippen MR) is 104 cm³/mol. The zero-order valence-corrected chi connectivity index (χ0v) is 16.9. The van der Waals surface area contributed by atoms with E-state index in [2.05, 4.69) is 19.1 Å². The second kappa shape index (κ2) is 10.5. The molecule has 4 heteroatoms. The maximum atomic E-state index is 11.2. The van der Waals surface area contributed by atoms with Gasteiger partial charge in [-0.3, -0.25) is 4.79 Å². The topological polar surface area (TPSA) is 55.8 Å². The molecule has 2 heterocycles. The Morgan fingerprint density at radius 1 is 1.15 bits per heavy atom. The molecule has 26 heavy (non-hydrogen) atoms. The third-order valence-corrected chi connectivity index (χ3v) is 6.13. The summed E-state index contributed by atoms with van der Waals surface area (Å²) in [5.41, 5.74) is -0.645. The van der Waals surface area contributed by atoms with Crippen LogP contribution in [0, 0.1) is 17.3 Å². The van der Waals surface area contributed by atoms with Crippen molar-refractivity contribution in [1.82, 2.24) is 0 Å². The first kappa shape index (κ1) is 21.4. The van der Waals surface area contributed by atoms with Gasteiger partial charge in [0, 0.05) is 12.5 Å². The fourth-order valence-corrected chi connectivity index (χ4v) is 4.20. The van der Waals surface area contributed by atoms with Crippen molar-refractivity contribution < 1.29 is 19.4 Å². The molecule has 0 radical (unpaired) electrons. The van der Waals surface area contributed by atoms with Crippen LogP contribution < -0.4 is 0 Å².